The maximum Gasteiger partial charge on any atom is 0.166 e. The molecule has 2 atom stereocenters. The second-order valence-corrected chi connectivity index (χ2v) is 11.1. The summed E-state index contributed by atoms with van der Waals surface area (Å²) >= 11 is 0. The predicted octanol–water partition coefficient (Wildman–Crippen LogP) is 9.98. The van der Waals surface area contributed by atoms with E-state index in [-0.39, 0.29) is 22.8 Å². The van der Waals surface area contributed by atoms with Gasteiger partial charge in [0.1, 0.15) is 0 Å². The highest BCUT2D eigenvalue weighted by atomic mass is 19.2. The monoisotopic (exact) mass is 510 g/mol. The molecule has 0 heterocycles. The van der Waals surface area contributed by atoms with Gasteiger partial charge in [-0.25, -0.2) is 13.2 Å². The topological polar surface area (TPSA) is 9.23 Å². The molecule has 0 spiro atoms. The number of rotatable bonds is 10. The lowest BCUT2D eigenvalue weighted by atomic mass is 9.79. The highest BCUT2D eigenvalue weighted by Gasteiger charge is 2.21. The molecule has 0 amide bonds. The third-order valence-corrected chi connectivity index (χ3v) is 8.21. The zero-order chi connectivity index (χ0) is 26.2. The summed E-state index contributed by atoms with van der Waals surface area (Å²) in [5.74, 6) is 0.0908. The largest absolute Gasteiger partial charge is 0.490 e. The fourth-order valence-electron chi connectivity index (χ4n) is 5.70. The van der Waals surface area contributed by atoms with Crippen LogP contribution in [0.3, 0.4) is 0 Å². The van der Waals surface area contributed by atoms with Crippen molar-refractivity contribution in [2.24, 2.45) is 23.7 Å². The number of allylic oxidation sites excluding steroid dienone is 3. The Morgan fingerprint density at radius 1 is 0.865 bits per heavy atom. The minimum atomic E-state index is -0.959. The van der Waals surface area contributed by atoms with Crippen molar-refractivity contribution >= 4 is 0 Å². The molecular formula is C33H41F3O. The first-order chi connectivity index (χ1) is 17.9. The van der Waals surface area contributed by atoms with Gasteiger partial charge < -0.3 is 4.74 Å². The number of aryl methyl sites for hydroxylation is 1. The summed E-state index contributed by atoms with van der Waals surface area (Å²) in [5.41, 5.74) is 0.557. The summed E-state index contributed by atoms with van der Waals surface area (Å²) in [4.78, 5) is 0. The molecule has 0 radical (unpaired) electrons. The predicted molar refractivity (Wildman–Crippen MR) is 146 cm³/mol. The van der Waals surface area contributed by atoms with E-state index in [0.29, 0.717) is 18.1 Å². The van der Waals surface area contributed by atoms with E-state index in [1.54, 1.807) is 6.07 Å². The summed E-state index contributed by atoms with van der Waals surface area (Å²) in [6, 6.07) is 7.24. The lowest BCUT2D eigenvalue weighted by Gasteiger charge is -2.27. The van der Waals surface area contributed by atoms with Crippen LogP contribution in [-0.4, -0.2) is 6.61 Å². The molecule has 0 N–H and O–H groups in total. The molecule has 200 valence electrons. The Kier molecular flexibility index (Phi) is 9.94. The van der Waals surface area contributed by atoms with Crippen LogP contribution in [0.15, 0.2) is 54.6 Å². The first kappa shape index (κ1) is 27.5. The van der Waals surface area contributed by atoms with E-state index in [9.17, 15) is 13.2 Å². The third kappa shape index (κ3) is 7.52. The van der Waals surface area contributed by atoms with Crippen molar-refractivity contribution in [1.29, 1.82) is 0 Å². The molecule has 2 aliphatic rings. The van der Waals surface area contributed by atoms with Crippen LogP contribution in [0.25, 0.3) is 11.1 Å². The van der Waals surface area contributed by atoms with Crippen LogP contribution >= 0.6 is 0 Å². The van der Waals surface area contributed by atoms with Crippen LogP contribution in [0, 0.1) is 48.0 Å². The van der Waals surface area contributed by atoms with Crippen molar-refractivity contribution in [3.05, 3.63) is 77.7 Å². The maximum absolute atomic E-state index is 14.7. The van der Waals surface area contributed by atoms with Crippen LogP contribution in [0.4, 0.5) is 13.2 Å². The molecule has 1 saturated carbocycles. The van der Waals surface area contributed by atoms with Gasteiger partial charge in [-0.05, 0) is 86.5 Å². The van der Waals surface area contributed by atoms with Crippen LogP contribution in [-0.2, 0) is 0 Å². The summed E-state index contributed by atoms with van der Waals surface area (Å²) in [6.07, 6.45) is 22.3. The SMILES string of the molecule is CCCCCC1CCC(/C=C/C2C=CC(COc3ccc(-c4ccc(C)c(F)c4F)cc3F)CC2)CC1. The van der Waals surface area contributed by atoms with E-state index in [4.69, 9.17) is 4.74 Å². The van der Waals surface area contributed by atoms with Gasteiger partial charge in [0.25, 0.3) is 0 Å². The molecule has 0 aromatic heterocycles. The van der Waals surface area contributed by atoms with E-state index < -0.39 is 17.5 Å². The molecule has 0 bridgehead atoms. The molecule has 0 aliphatic heterocycles. The van der Waals surface area contributed by atoms with E-state index in [1.807, 2.05) is 0 Å². The Morgan fingerprint density at radius 2 is 1.68 bits per heavy atom. The molecule has 1 nitrogen and oxygen atoms in total. The average molecular weight is 511 g/mol. The molecule has 0 saturated heterocycles. The minimum Gasteiger partial charge on any atom is -0.490 e. The molecule has 2 aliphatic carbocycles. The van der Waals surface area contributed by atoms with Gasteiger partial charge >= 0.3 is 0 Å². The fourth-order valence-corrected chi connectivity index (χ4v) is 5.70. The van der Waals surface area contributed by atoms with Crippen LogP contribution in [0.1, 0.15) is 76.7 Å². The van der Waals surface area contributed by atoms with Crippen molar-refractivity contribution in [2.75, 3.05) is 6.61 Å². The first-order valence-electron chi connectivity index (χ1n) is 14.2. The Bertz CT molecular complexity index is 1080. The average Bonchev–Trinajstić information content (AvgIpc) is 2.91. The number of hydrogen-bond donors (Lipinski definition) is 0. The normalized spacial score (nSPS) is 24.0. The molecule has 4 heteroatoms. The number of unbranched alkanes of at least 4 members (excludes halogenated alkanes) is 2. The van der Waals surface area contributed by atoms with Gasteiger partial charge in [-0.2, -0.15) is 0 Å². The molecule has 2 unspecified atom stereocenters. The van der Waals surface area contributed by atoms with Gasteiger partial charge in [-0.15, -0.1) is 0 Å². The van der Waals surface area contributed by atoms with Gasteiger partial charge in [0, 0.05) is 11.5 Å². The maximum atomic E-state index is 14.7. The molecule has 1 fully saturated rings. The van der Waals surface area contributed by atoms with Gasteiger partial charge in [-0.3, -0.25) is 0 Å². The van der Waals surface area contributed by atoms with Crippen LogP contribution in [0.2, 0.25) is 0 Å². The summed E-state index contributed by atoms with van der Waals surface area (Å²) in [7, 11) is 0. The van der Waals surface area contributed by atoms with E-state index >= 15 is 0 Å². The molecule has 4 rings (SSSR count). The second kappa shape index (κ2) is 13.3. The van der Waals surface area contributed by atoms with Crippen molar-refractivity contribution in [3.8, 4) is 16.9 Å². The van der Waals surface area contributed by atoms with Gasteiger partial charge in [0.2, 0.25) is 0 Å². The zero-order valence-electron chi connectivity index (χ0n) is 22.3. The lowest BCUT2D eigenvalue weighted by molar-refractivity contribution is 0.249. The number of halogens is 3. The van der Waals surface area contributed by atoms with Crippen LogP contribution in [0.5, 0.6) is 5.75 Å². The number of ether oxygens (including phenoxy) is 1. The number of hydrogen-bond acceptors (Lipinski definition) is 1. The Labute approximate surface area is 220 Å². The van der Waals surface area contributed by atoms with Gasteiger partial charge in [-0.1, -0.05) is 75.1 Å². The smallest absolute Gasteiger partial charge is 0.166 e. The summed E-state index contributed by atoms with van der Waals surface area (Å²) in [6.45, 7) is 4.17. The highest BCUT2D eigenvalue weighted by molar-refractivity contribution is 5.65. The van der Waals surface area contributed by atoms with Crippen LogP contribution < -0.4 is 4.74 Å². The van der Waals surface area contributed by atoms with E-state index in [2.05, 4.69) is 31.2 Å². The molecule has 37 heavy (non-hydrogen) atoms. The van der Waals surface area contributed by atoms with Crippen molar-refractivity contribution in [3.63, 3.8) is 0 Å². The summed E-state index contributed by atoms with van der Waals surface area (Å²) in [5, 5.41) is 0. The Morgan fingerprint density at radius 3 is 2.38 bits per heavy atom. The van der Waals surface area contributed by atoms with E-state index in [1.165, 1.54) is 82.6 Å². The van der Waals surface area contributed by atoms with E-state index in [0.717, 1.165) is 24.7 Å². The number of benzene rings is 2. The van der Waals surface area contributed by atoms with Crippen molar-refractivity contribution in [2.45, 2.75) is 78.1 Å². The van der Waals surface area contributed by atoms with Gasteiger partial charge in [0.15, 0.2) is 23.2 Å². The third-order valence-electron chi connectivity index (χ3n) is 8.21. The highest BCUT2D eigenvalue weighted by Crippen LogP contribution is 2.34. The zero-order valence-corrected chi connectivity index (χ0v) is 22.3. The quantitative estimate of drug-likeness (QED) is 0.228. The van der Waals surface area contributed by atoms with Gasteiger partial charge in [0.05, 0.1) is 6.61 Å². The molecule has 2 aromatic carbocycles. The van der Waals surface area contributed by atoms with Crippen molar-refractivity contribution in [1.82, 2.24) is 0 Å². The molecular weight excluding hydrogens is 469 g/mol. The minimum absolute atomic E-state index is 0.0443. The molecule has 2 aromatic rings. The van der Waals surface area contributed by atoms with Crippen molar-refractivity contribution < 1.29 is 17.9 Å². The Balaban J connectivity index is 1.23. The first-order valence-corrected chi connectivity index (χ1v) is 14.2. The lowest BCUT2D eigenvalue weighted by Crippen LogP contribution is -2.16. The second-order valence-electron chi connectivity index (χ2n) is 11.1. The fraction of sp³-hybridized carbons (Fsp3) is 0.515. The standard InChI is InChI=1S/C33H41F3O/c1-3-4-5-6-24-8-10-25(11-9-24)12-13-26-14-16-27(17-15-26)22-37-31-20-18-28(21-30(31)34)29-19-7-23(2)32(35)33(29)36/h7,12-14,16,18-21,24-27H,3-6,8-11,15,17,22H2,1-2H3/b13-12+. The Hall–Kier alpha value is -2.49. The summed E-state index contributed by atoms with van der Waals surface area (Å²) < 4.78 is 48.6.